The summed E-state index contributed by atoms with van der Waals surface area (Å²) >= 11 is 0. The molecule has 0 atom stereocenters. The van der Waals surface area contributed by atoms with E-state index in [0.29, 0.717) is 146 Å². The SMILES string of the molecule is CN(CCC[n+]1ccccc1N=Nc1c(O)ccc2cc(Nc3ccccc3)ccc12)C(=O)c1ccc(C(=O)N(C)CCC[n+]2ccccc2N=Nc2c(O)ccc3cc(Nc4ccccc4)ccc23)cc1.Cc1ccc2ccc(O)c(N=Nc3cccc[n+]3CCCN(C)C(=O)c3ccc(C(=O)N(C)CCC[n+]4ccccc4N=Nc4c(O)ccc5ccc(C)cc45)cc3)c2c1. The number of nitrogens with one attached hydrogen (secondary N) is 2. The number of carbonyl (C=O) groups is 4. The first kappa shape index (κ1) is 90.2. The van der Waals surface area contributed by atoms with Gasteiger partial charge in [-0.15, -0.1) is 0 Å². The molecule has 0 unspecified atom stereocenters. The van der Waals surface area contributed by atoms with E-state index >= 15 is 0 Å². The number of aromatic hydroxyl groups is 4. The molecule has 0 saturated heterocycles. The Bertz CT molecular complexity index is 6580. The number of pyridine rings is 4. The van der Waals surface area contributed by atoms with Crippen molar-refractivity contribution in [3.05, 3.63) is 361 Å². The number of para-hydroxylation sites is 2. The van der Waals surface area contributed by atoms with Crippen LogP contribution >= 0.6 is 0 Å². The zero-order valence-corrected chi connectivity index (χ0v) is 74.2. The average molecular weight is 1760 g/mol. The summed E-state index contributed by atoms with van der Waals surface area (Å²) in [5.74, 6) is 2.07. The Morgan fingerprint density at radius 3 is 0.811 bits per heavy atom. The molecule has 26 heteroatoms. The third kappa shape index (κ3) is 22.7. The van der Waals surface area contributed by atoms with Crippen LogP contribution in [0.1, 0.15) is 78.2 Å². The number of phenols is 4. The highest BCUT2D eigenvalue weighted by molar-refractivity contribution is 6.02. The molecule has 16 rings (SSSR count). The summed E-state index contributed by atoms with van der Waals surface area (Å²) in [5, 5.41) is 92.5. The number of aryl methyl sites for hydroxylation is 6. The van der Waals surface area contributed by atoms with Gasteiger partial charge in [0, 0.05) is 171 Å². The van der Waals surface area contributed by atoms with Gasteiger partial charge in [-0.2, -0.15) is 0 Å². The second kappa shape index (κ2) is 42.8. The Morgan fingerprint density at radius 2 is 0.523 bits per heavy atom. The minimum atomic E-state index is -0.150. The smallest absolute Gasteiger partial charge is 0.350 e. The van der Waals surface area contributed by atoms with E-state index in [1.807, 2.05) is 287 Å². The van der Waals surface area contributed by atoms with Gasteiger partial charge >= 0.3 is 23.3 Å². The molecule has 0 aliphatic rings. The Morgan fingerprint density at radius 1 is 0.265 bits per heavy atom. The standard InChI is InChI=1S/C58H52N10O4.C48H46N8O4/c1-65(33-13-37-67-35-11-9-19-53(67)61-63-55-49-29-27-47(39-43(49)25-31-51(55)69)59-45-15-5-3-6-16-45)57(71)41-21-23-42(24-22-41)58(72)66(2)34-14-38-68-36-12-10-20-54(68)62-64-56-50-30-28-48(40-44(50)26-32-52(56)70)60-46-17-7-4-8-18-46;1-33-13-15-35-21-23-41(57)45(39(35)31-33)51-49-43-11-5-7-27-55(43)29-9-25-53(3)47(59)37-17-19-38(20-18-37)48(60)54(4)26-10-30-56-28-8-6-12-44(56)50-52-46-40-32-34(2)14-16-36(40)22-24-42(46)58/h3-12,15-32,35-36,39-40H,13-14,33-34,37-38H2,1-2H3,(H2,59,60,63,64);5-8,11-24,27-28,31-32H,9-10,25-26,29-30H2,1-4H3/p+4. The molecular formula is C106H102N18O8+4. The third-order valence-electron chi connectivity index (χ3n) is 22.7. The van der Waals surface area contributed by atoms with Crippen LogP contribution in [0.25, 0.3) is 43.1 Å². The predicted molar refractivity (Wildman–Crippen MR) is 514 cm³/mol. The second-order valence-electron chi connectivity index (χ2n) is 32.3. The maximum absolute atomic E-state index is 13.5. The van der Waals surface area contributed by atoms with E-state index in [-0.39, 0.29) is 46.6 Å². The van der Waals surface area contributed by atoms with Gasteiger partial charge in [-0.3, -0.25) is 19.2 Å². The first-order valence-corrected chi connectivity index (χ1v) is 43.7. The molecule has 16 aromatic rings. The molecule has 132 heavy (non-hydrogen) atoms. The molecule has 0 saturated carbocycles. The molecule has 660 valence electrons. The van der Waals surface area contributed by atoms with Gasteiger partial charge in [-0.05, 0) is 226 Å². The molecule has 6 N–H and O–H groups in total. The molecule has 4 heterocycles. The second-order valence-corrected chi connectivity index (χ2v) is 32.3. The van der Waals surface area contributed by atoms with E-state index in [2.05, 4.69) is 51.5 Å². The molecule has 0 fully saturated rings. The normalized spacial score (nSPS) is 11.4. The number of carbonyl (C=O) groups excluding carboxylic acids is 4. The highest BCUT2D eigenvalue weighted by Gasteiger charge is 2.24. The number of anilines is 4. The van der Waals surface area contributed by atoms with E-state index in [4.69, 9.17) is 0 Å². The Balaban J connectivity index is 0.000000205. The number of aromatic nitrogens is 4. The fourth-order valence-electron chi connectivity index (χ4n) is 15.5. The molecule has 0 radical (unpaired) electrons. The van der Waals surface area contributed by atoms with E-state index < -0.39 is 0 Å². The number of rotatable bonds is 32. The highest BCUT2D eigenvalue weighted by Crippen LogP contribution is 2.42. The Labute approximate surface area is 764 Å². The van der Waals surface area contributed by atoms with Crippen LogP contribution in [0, 0.1) is 13.8 Å². The van der Waals surface area contributed by atoms with Crippen LogP contribution in [0.3, 0.4) is 0 Å². The number of azo groups is 4. The van der Waals surface area contributed by atoms with E-state index in [9.17, 15) is 39.6 Å². The summed E-state index contributed by atoms with van der Waals surface area (Å²) in [6.45, 7) is 8.28. The zero-order valence-electron chi connectivity index (χ0n) is 74.2. The fraction of sp³-hybridized carbons (Fsp3) is 0.170. The summed E-state index contributed by atoms with van der Waals surface area (Å²) in [7, 11) is 7.06. The number of hydrogen-bond donors (Lipinski definition) is 6. The van der Waals surface area contributed by atoms with Crippen molar-refractivity contribution in [2.24, 2.45) is 40.9 Å². The molecule has 0 spiro atoms. The molecular weight excluding hydrogens is 1650 g/mol. The predicted octanol–water partition coefficient (Wildman–Crippen LogP) is 22.4. The summed E-state index contributed by atoms with van der Waals surface area (Å²) in [4.78, 5) is 60.3. The minimum absolute atomic E-state index is 0.0316. The maximum atomic E-state index is 13.5. The highest BCUT2D eigenvalue weighted by atomic mass is 16.3. The lowest BCUT2D eigenvalue weighted by Crippen LogP contribution is -2.36. The van der Waals surface area contributed by atoms with Crippen LogP contribution in [-0.4, -0.2) is 118 Å². The average Bonchev–Trinajstić information content (AvgIpc) is 0.803. The lowest BCUT2D eigenvalue weighted by atomic mass is 10.1. The van der Waals surface area contributed by atoms with Crippen molar-refractivity contribution in [3.8, 4) is 23.0 Å². The maximum Gasteiger partial charge on any atom is 0.350 e. The third-order valence-corrected chi connectivity index (χ3v) is 22.7. The first-order chi connectivity index (χ1) is 64.2. The molecule has 4 aromatic heterocycles. The van der Waals surface area contributed by atoms with Crippen molar-refractivity contribution in [1.82, 2.24) is 19.6 Å². The lowest BCUT2D eigenvalue weighted by Gasteiger charge is -2.18. The number of phenolic OH excluding ortho intramolecular Hbond substituents is 4. The largest absolute Gasteiger partial charge is 0.506 e. The number of amides is 4. The van der Waals surface area contributed by atoms with Crippen LogP contribution in [0.2, 0.25) is 0 Å². The summed E-state index contributed by atoms with van der Waals surface area (Å²) in [6, 6.07) is 93.8. The van der Waals surface area contributed by atoms with Crippen molar-refractivity contribution in [2.45, 2.75) is 65.7 Å². The number of nitrogens with zero attached hydrogens (tertiary/aromatic N) is 16. The topological polar surface area (TPSA) is 301 Å². The van der Waals surface area contributed by atoms with Crippen molar-refractivity contribution in [2.75, 3.05) is 65.0 Å². The molecule has 26 nitrogen and oxygen atoms in total. The van der Waals surface area contributed by atoms with Gasteiger partial charge in [-0.25, -0.2) is 18.3 Å². The minimum Gasteiger partial charge on any atom is -0.506 e. The van der Waals surface area contributed by atoms with Crippen LogP contribution < -0.4 is 28.9 Å². The lowest BCUT2D eigenvalue weighted by molar-refractivity contribution is -0.684. The summed E-state index contributed by atoms with van der Waals surface area (Å²) < 4.78 is 7.86. The number of benzene rings is 12. The van der Waals surface area contributed by atoms with Crippen LogP contribution in [-0.2, 0) is 26.2 Å². The van der Waals surface area contributed by atoms with Crippen LogP contribution in [0.5, 0.6) is 23.0 Å². The van der Waals surface area contributed by atoms with Crippen molar-refractivity contribution < 1.29 is 57.9 Å². The molecule has 4 amide bonds. The van der Waals surface area contributed by atoms with Crippen molar-refractivity contribution in [3.63, 3.8) is 0 Å². The van der Waals surface area contributed by atoms with E-state index in [1.54, 1.807) is 121 Å². The van der Waals surface area contributed by atoms with Gasteiger partial charge in [0.1, 0.15) is 23.0 Å². The Hall–Kier alpha value is -16.6. The Kier molecular flexibility index (Phi) is 29.2. The first-order valence-electron chi connectivity index (χ1n) is 43.7. The van der Waals surface area contributed by atoms with Gasteiger partial charge in [0.2, 0.25) is 0 Å². The molecule has 12 aromatic carbocycles. The van der Waals surface area contributed by atoms with Gasteiger partial charge in [0.05, 0.1) is 71.4 Å². The fourth-order valence-corrected chi connectivity index (χ4v) is 15.5. The van der Waals surface area contributed by atoms with Crippen molar-refractivity contribution >= 4 is 135 Å². The number of fused-ring (bicyclic) bond motifs is 4. The van der Waals surface area contributed by atoms with Crippen LogP contribution in [0.4, 0.5) is 68.8 Å². The molecule has 0 aliphatic heterocycles. The summed E-state index contributed by atoms with van der Waals surface area (Å²) in [6.07, 6.45) is 10.3. The van der Waals surface area contributed by atoms with E-state index in [1.165, 1.54) is 0 Å². The van der Waals surface area contributed by atoms with Crippen molar-refractivity contribution in [1.29, 1.82) is 0 Å². The number of hydrogen-bond acceptors (Lipinski definition) is 18. The molecule has 0 aliphatic carbocycles. The monoisotopic (exact) mass is 1750 g/mol. The summed E-state index contributed by atoms with van der Waals surface area (Å²) in [5.41, 5.74) is 9.47. The van der Waals surface area contributed by atoms with Gasteiger partial charge in [-0.1, -0.05) is 120 Å². The molecule has 0 bridgehead atoms. The van der Waals surface area contributed by atoms with Gasteiger partial charge in [0.15, 0.2) is 22.7 Å². The van der Waals surface area contributed by atoms with Gasteiger partial charge in [0.25, 0.3) is 23.6 Å². The van der Waals surface area contributed by atoms with Gasteiger partial charge < -0.3 is 50.7 Å². The zero-order chi connectivity index (χ0) is 92.0. The quantitative estimate of drug-likeness (QED) is 0.0171. The van der Waals surface area contributed by atoms with E-state index in [0.717, 1.165) is 77.0 Å². The van der Waals surface area contributed by atoms with Crippen LogP contribution in [0.15, 0.2) is 369 Å².